The van der Waals surface area contributed by atoms with E-state index in [2.05, 4.69) is 16.0 Å². The maximum atomic E-state index is 4.68. The van der Waals surface area contributed by atoms with Gasteiger partial charge in [0.15, 0.2) is 0 Å². The van der Waals surface area contributed by atoms with Gasteiger partial charge in [0.05, 0.1) is 12.2 Å². The molecule has 0 unspecified atom stereocenters. The molecule has 0 spiro atoms. The Bertz CT molecular complexity index is 348. The standard InChI is InChI=1S/C14H22N2/c1-2-4-10-14-12(7-3-1)11-15-16(14)13-8-5-6-9-13/h11,13H,1-10H2. The van der Waals surface area contributed by atoms with Gasteiger partial charge in [-0.1, -0.05) is 25.7 Å². The zero-order valence-electron chi connectivity index (χ0n) is 10.1. The van der Waals surface area contributed by atoms with E-state index >= 15 is 0 Å². The van der Waals surface area contributed by atoms with Crippen LogP contribution in [0.3, 0.4) is 0 Å². The molecule has 0 amide bonds. The molecule has 0 bridgehead atoms. The van der Waals surface area contributed by atoms with Crippen LogP contribution < -0.4 is 0 Å². The van der Waals surface area contributed by atoms with E-state index in [0.717, 1.165) is 6.04 Å². The summed E-state index contributed by atoms with van der Waals surface area (Å²) in [4.78, 5) is 0. The Labute approximate surface area is 98.0 Å². The molecule has 1 heterocycles. The van der Waals surface area contributed by atoms with Crippen molar-refractivity contribution in [2.45, 2.75) is 70.3 Å². The third-order valence-electron chi connectivity index (χ3n) is 4.27. The summed E-state index contributed by atoms with van der Waals surface area (Å²) in [5.41, 5.74) is 3.12. The monoisotopic (exact) mass is 218 g/mol. The zero-order valence-corrected chi connectivity index (χ0v) is 10.1. The summed E-state index contributed by atoms with van der Waals surface area (Å²) in [5.74, 6) is 0. The van der Waals surface area contributed by atoms with E-state index in [1.54, 1.807) is 11.3 Å². The van der Waals surface area contributed by atoms with Crippen LogP contribution in [0.1, 0.15) is 68.7 Å². The van der Waals surface area contributed by atoms with E-state index in [-0.39, 0.29) is 0 Å². The molecule has 2 aliphatic carbocycles. The Morgan fingerprint density at radius 3 is 2.50 bits per heavy atom. The van der Waals surface area contributed by atoms with Gasteiger partial charge in [-0.05, 0) is 44.1 Å². The minimum atomic E-state index is 0.725. The maximum Gasteiger partial charge on any atom is 0.0524 e. The average molecular weight is 218 g/mol. The number of hydrogen-bond donors (Lipinski definition) is 0. The van der Waals surface area contributed by atoms with Gasteiger partial charge in [-0.3, -0.25) is 4.68 Å². The van der Waals surface area contributed by atoms with Gasteiger partial charge in [0.1, 0.15) is 0 Å². The largest absolute Gasteiger partial charge is 0.266 e. The molecule has 1 fully saturated rings. The molecule has 1 aromatic heterocycles. The predicted molar refractivity (Wildman–Crippen MR) is 65.6 cm³/mol. The minimum Gasteiger partial charge on any atom is -0.266 e. The number of rotatable bonds is 1. The van der Waals surface area contributed by atoms with E-state index in [9.17, 15) is 0 Å². The summed E-state index contributed by atoms with van der Waals surface area (Å²) in [7, 11) is 0. The first kappa shape index (κ1) is 10.4. The normalized spacial score (nSPS) is 22.8. The smallest absolute Gasteiger partial charge is 0.0524 e. The number of nitrogens with zero attached hydrogens (tertiary/aromatic N) is 2. The molecule has 3 rings (SSSR count). The van der Waals surface area contributed by atoms with Crippen molar-refractivity contribution in [1.29, 1.82) is 0 Å². The second-order valence-corrected chi connectivity index (χ2v) is 5.41. The van der Waals surface area contributed by atoms with Crippen LogP contribution in [0, 0.1) is 0 Å². The molecule has 1 aromatic rings. The van der Waals surface area contributed by atoms with E-state index in [1.165, 1.54) is 64.2 Å². The highest BCUT2D eigenvalue weighted by atomic mass is 15.3. The van der Waals surface area contributed by atoms with Gasteiger partial charge in [-0.2, -0.15) is 5.10 Å². The quantitative estimate of drug-likeness (QED) is 0.703. The first-order chi connectivity index (χ1) is 7.95. The lowest BCUT2D eigenvalue weighted by atomic mass is 9.98. The van der Waals surface area contributed by atoms with Crippen LogP contribution in [0.15, 0.2) is 6.20 Å². The van der Waals surface area contributed by atoms with E-state index in [0.29, 0.717) is 0 Å². The fourth-order valence-electron chi connectivity index (χ4n) is 3.33. The van der Waals surface area contributed by atoms with Crippen LogP contribution >= 0.6 is 0 Å². The van der Waals surface area contributed by atoms with Crippen molar-refractivity contribution in [1.82, 2.24) is 9.78 Å². The summed E-state index contributed by atoms with van der Waals surface area (Å²) < 4.78 is 2.38. The summed E-state index contributed by atoms with van der Waals surface area (Å²) in [5, 5.41) is 4.68. The van der Waals surface area contributed by atoms with Crippen molar-refractivity contribution < 1.29 is 0 Å². The number of aromatic nitrogens is 2. The predicted octanol–water partition coefficient (Wildman–Crippen LogP) is 3.66. The van der Waals surface area contributed by atoms with Crippen molar-refractivity contribution >= 4 is 0 Å². The van der Waals surface area contributed by atoms with Crippen molar-refractivity contribution in [3.05, 3.63) is 17.5 Å². The van der Waals surface area contributed by atoms with E-state index < -0.39 is 0 Å². The molecule has 2 heteroatoms. The number of hydrogen-bond acceptors (Lipinski definition) is 1. The second kappa shape index (κ2) is 4.60. The molecule has 0 aromatic carbocycles. The molecule has 2 nitrogen and oxygen atoms in total. The lowest BCUT2D eigenvalue weighted by molar-refractivity contribution is 0.442. The topological polar surface area (TPSA) is 17.8 Å². The van der Waals surface area contributed by atoms with Crippen LogP contribution in [-0.4, -0.2) is 9.78 Å². The van der Waals surface area contributed by atoms with Crippen molar-refractivity contribution in [2.24, 2.45) is 0 Å². The van der Waals surface area contributed by atoms with Gasteiger partial charge in [0.2, 0.25) is 0 Å². The minimum absolute atomic E-state index is 0.725. The van der Waals surface area contributed by atoms with Crippen LogP contribution in [0.25, 0.3) is 0 Å². The SMILES string of the molecule is c1nn(C2CCCC2)c2c1CCCCCC2. The molecule has 88 valence electrons. The average Bonchev–Trinajstić information content (AvgIpc) is 2.86. The molecular formula is C14H22N2. The van der Waals surface area contributed by atoms with Crippen molar-refractivity contribution in [3.63, 3.8) is 0 Å². The molecule has 0 aliphatic heterocycles. The molecule has 2 aliphatic rings. The summed E-state index contributed by atoms with van der Waals surface area (Å²) in [6.07, 6.45) is 15.8. The Morgan fingerprint density at radius 1 is 0.938 bits per heavy atom. The van der Waals surface area contributed by atoms with Crippen molar-refractivity contribution in [2.75, 3.05) is 0 Å². The van der Waals surface area contributed by atoms with Gasteiger partial charge >= 0.3 is 0 Å². The second-order valence-electron chi connectivity index (χ2n) is 5.41. The number of aryl methyl sites for hydroxylation is 1. The fraction of sp³-hybridized carbons (Fsp3) is 0.786. The molecule has 1 saturated carbocycles. The van der Waals surface area contributed by atoms with Crippen LogP contribution in [0.4, 0.5) is 0 Å². The zero-order chi connectivity index (χ0) is 10.8. The number of fused-ring (bicyclic) bond motifs is 1. The Kier molecular flexibility index (Phi) is 2.98. The Hall–Kier alpha value is -0.790. The van der Waals surface area contributed by atoms with E-state index in [4.69, 9.17) is 0 Å². The molecule has 16 heavy (non-hydrogen) atoms. The fourth-order valence-corrected chi connectivity index (χ4v) is 3.33. The molecule has 0 N–H and O–H groups in total. The Balaban J connectivity index is 1.87. The molecule has 0 radical (unpaired) electrons. The van der Waals surface area contributed by atoms with Crippen LogP contribution in [-0.2, 0) is 12.8 Å². The summed E-state index contributed by atoms with van der Waals surface area (Å²) in [6.45, 7) is 0. The van der Waals surface area contributed by atoms with Crippen LogP contribution in [0.5, 0.6) is 0 Å². The highest BCUT2D eigenvalue weighted by molar-refractivity contribution is 5.19. The third kappa shape index (κ3) is 1.90. The molecule has 0 atom stereocenters. The van der Waals surface area contributed by atoms with Crippen LogP contribution in [0.2, 0.25) is 0 Å². The van der Waals surface area contributed by atoms with Crippen molar-refractivity contribution in [3.8, 4) is 0 Å². The van der Waals surface area contributed by atoms with Gasteiger partial charge in [-0.15, -0.1) is 0 Å². The highest BCUT2D eigenvalue weighted by Gasteiger charge is 2.22. The first-order valence-electron chi connectivity index (χ1n) is 7.00. The molecule has 0 saturated heterocycles. The highest BCUT2D eigenvalue weighted by Crippen LogP contribution is 2.32. The molecular weight excluding hydrogens is 196 g/mol. The third-order valence-corrected chi connectivity index (χ3v) is 4.27. The van der Waals surface area contributed by atoms with Gasteiger partial charge < -0.3 is 0 Å². The lowest BCUT2D eigenvalue weighted by Gasteiger charge is -2.17. The Morgan fingerprint density at radius 2 is 1.69 bits per heavy atom. The van der Waals surface area contributed by atoms with Gasteiger partial charge in [0.25, 0.3) is 0 Å². The van der Waals surface area contributed by atoms with Gasteiger partial charge in [0, 0.05) is 5.69 Å². The van der Waals surface area contributed by atoms with Gasteiger partial charge in [-0.25, -0.2) is 0 Å². The summed E-state index contributed by atoms with van der Waals surface area (Å²) in [6, 6.07) is 0.725. The first-order valence-corrected chi connectivity index (χ1v) is 7.00. The van der Waals surface area contributed by atoms with E-state index in [1.807, 2.05) is 0 Å². The summed E-state index contributed by atoms with van der Waals surface area (Å²) >= 11 is 0. The lowest BCUT2D eigenvalue weighted by Crippen LogP contribution is -2.12. The maximum absolute atomic E-state index is 4.68.